The van der Waals surface area contributed by atoms with E-state index in [1.807, 2.05) is 19.1 Å². The summed E-state index contributed by atoms with van der Waals surface area (Å²) in [5.41, 5.74) is 2.41. The van der Waals surface area contributed by atoms with Gasteiger partial charge in [0.1, 0.15) is 5.01 Å². The van der Waals surface area contributed by atoms with E-state index < -0.39 is 20.8 Å². The largest absolute Gasteiger partial charge is 0.268 e. The molecule has 10 heteroatoms. The van der Waals surface area contributed by atoms with E-state index in [4.69, 9.17) is 0 Å². The van der Waals surface area contributed by atoms with Gasteiger partial charge >= 0.3 is 0 Å². The molecule has 6 nitrogen and oxygen atoms in total. The molecule has 2 aromatic carbocycles. The third-order valence-electron chi connectivity index (χ3n) is 4.20. The van der Waals surface area contributed by atoms with E-state index in [1.54, 1.807) is 42.8 Å². The fourth-order valence-corrected chi connectivity index (χ4v) is 6.46. The second kappa shape index (κ2) is 7.32. The van der Waals surface area contributed by atoms with Gasteiger partial charge in [-0.3, -0.25) is 4.21 Å². The maximum absolute atomic E-state index is 13.1. The molecule has 0 radical (unpaired) electrons. The van der Waals surface area contributed by atoms with Crippen molar-refractivity contribution in [1.29, 1.82) is 0 Å². The third kappa shape index (κ3) is 3.42. The van der Waals surface area contributed by atoms with Crippen LogP contribution in [0.5, 0.6) is 0 Å². The van der Waals surface area contributed by atoms with Gasteiger partial charge in [-0.15, -0.1) is 10.2 Å². The highest BCUT2D eigenvalue weighted by Crippen LogP contribution is 2.32. The van der Waals surface area contributed by atoms with Crippen LogP contribution in [0.25, 0.3) is 21.5 Å². The molecule has 4 rings (SSSR count). The minimum Gasteiger partial charge on any atom is -0.252 e. The molecule has 0 N–H and O–H groups in total. The summed E-state index contributed by atoms with van der Waals surface area (Å²) in [5.74, 6) is 0. The molecule has 0 unspecified atom stereocenters. The van der Waals surface area contributed by atoms with Crippen LogP contribution in [0.15, 0.2) is 57.9 Å². The van der Waals surface area contributed by atoms with Gasteiger partial charge in [0.15, 0.2) is 0 Å². The highest BCUT2D eigenvalue weighted by Gasteiger charge is 2.21. The fraction of sp³-hybridized carbons (Fsp3) is 0.111. The molecular formula is C18H14IN3O3S3. The van der Waals surface area contributed by atoms with Crippen LogP contribution < -0.4 is 0 Å². The molecule has 2 aromatic heterocycles. The lowest BCUT2D eigenvalue weighted by molar-refractivity contribution is 0.589. The standard InChI is InChI=1S/C18H14IN3O3S3/c1-11-3-6-13(7-4-11)28(24,25)22-10-15(19)14-9-12(5-8-16(14)22)17-20-21-18(26-17)27(2)23/h3-10H,1-2H3/t27-/m1/s1. The highest BCUT2D eigenvalue weighted by molar-refractivity contribution is 14.1. The number of nitrogens with zero attached hydrogens (tertiary/aromatic N) is 3. The molecule has 0 spiro atoms. The van der Waals surface area contributed by atoms with Gasteiger partial charge in [0.25, 0.3) is 10.0 Å². The van der Waals surface area contributed by atoms with E-state index in [0.29, 0.717) is 14.9 Å². The van der Waals surface area contributed by atoms with Gasteiger partial charge in [0, 0.05) is 27.0 Å². The van der Waals surface area contributed by atoms with Crippen molar-refractivity contribution in [2.45, 2.75) is 16.2 Å². The Bertz CT molecular complexity index is 1330. The van der Waals surface area contributed by atoms with Gasteiger partial charge in [-0.2, -0.15) is 0 Å². The summed E-state index contributed by atoms with van der Waals surface area (Å²) in [6.07, 6.45) is 3.18. The predicted octanol–water partition coefficient (Wildman–Crippen LogP) is 4.05. The summed E-state index contributed by atoms with van der Waals surface area (Å²) in [6.45, 7) is 1.92. The number of halogens is 1. The SMILES string of the molecule is Cc1ccc(S(=O)(=O)n2cc(I)c3cc(-c4nnc([S@@](C)=O)s4)ccc32)cc1. The fourth-order valence-electron chi connectivity index (χ4n) is 2.76. The first-order chi connectivity index (χ1) is 13.3. The Hall–Kier alpha value is -1.63. The number of benzene rings is 2. The molecule has 0 saturated carbocycles. The molecular weight excluding hydrogens is 529 g/mol. The van der Waals surface area contributed by atoms with Crippen LogP contribution in [0.3, 0.4) is 0 Å². The number of aryl methyl sites for hydroxylation is 1. The van der Waals surface area contributed by atoms with Crippen molar-refractivity contribution in [2.75, 3.05) is 6.26 Å². The molecule has 1 atom stereocenters. The lowest BCUT2D eigenvalue weighted by atomic mass is 10.2. The zero-order valence-electron chi connectivity index (χ0n) is 14.8. The van der Waals surface area contributed by atoms with Gasteiger partial charge < -0.3 is 0 Å². The average Bonchev–Trinajstić information content (AvgIpc) is 3.28. The Morgan fingerprint density at radius 3 is 2.46 bits per heavy atom. The Kier molecular flexibility index (Phi) is 5.14. The molecule has 144 valence electrons. The minimum atomic E-state index is -3.70. The first kappa shape index (κ1) is 19.7. The van der Waals surface area contributed by atoms with Crippen molar-refractivity contribution in [3.63, 3.8) is 0 Å². The van der Waals surface area contributed by atoms with Gasteiger partial charge in [-0.1, -0.05) is 29.0 Å². The lowest BCUT2D eigenvalue weighted by Gasteiger charge is -2.08. The Morgan fingerprint density at radius 1 is 1.11 bits per heavy atom. The molecule has 0 saturated heterocycles. The van der Waals surface area contributed by atoms with Gasteiger partial charge in [-0.05, 0) is 59.8 Å². The second-order valence-corrected chi connectivity index (χ2v) is 11.7. The summed E-state index contributed by atoms with van der Waals surface area (Å²) >= 11 is 3.40. The monoisotopic (exact) mass is 543 g/mol. The van der Waals surface area contributed by atoms with Crippen LogP contribution in [-0.2, 0) is 20.8 Å². The smallest absolute Gasteiger partial charge is 0.252 e. The van der Waals surface area contributed by atoms with Crippen LogP contribution in [-0.4, -0.2) is 33.1 Å². The summed E-state index contributed by atoms with van der Waals surface area (Å²) in [5, 5.41) is 9.51. The molecule has 2 heterocycles. The number of aromatic nitrogens is 3. The van der Waals surface area contributed by atoms with Crippen molar-refractivity contribution >= 4 is 65.7 Å². The number of rotatable bonds is 4. The molecule has 0 amide bonds. The number of hydrogen-bond donors (Lipinski definition) is 0. The lowest BCUT2D eigenvalue weighted by Crippen LogP contribution is -2.11. The Balaban J connectivity index is 1.84. The van der Waals surface area contributed by atoms with Crippen molar-refractivity contribution in [3.05, 3.63) is 57.8 Å². The van der Waals surface area contributed by atoms with E-state index in [0.717, 1.165) is 20.1 Å². The summed E-state index contributed by atoms with van der Waals surface area (Å²) < 4.78 is 40.4. The van der Waals surface area contributed by atoms with E-state index in [2.05, 4.69) is 32.8 Å². The maximum atomic E-state index is 13.1. The summed E-state index contributed by atoms with van der Waals surface area (Å²) in [6, 6.07) is 12.3. The average molecular weight is 543 g/mol. The van der Waals surface area contributed by atoms with Crippen LogP contribution in [0.2, 0.25) is 0 Å². The van der Waals surface area contributed by atoms with Gasteiger partial charge in [-0.25, -0.2) is 12.4 Å². The Morgan fingerprint density at radius 2 is 1.82 bits per heavy atom. The third-order valence-corrected chi connectivity index (χ3v) is 9.04. The van der Waals surface area contributed by atoms with E-state index >= 15 is 0 Å². The first-order valence-corrected chi connectivity index (χ1v) is 13.0. The summed E-state index contributed by atoms with van der Waals surface area (Å²) in [4.78, 5) is 0.245. The Labute approximate surface area is 182 Å². The zero-order valence-corrected chi connectivity index (χ0v) is 19.4. The molecule has 0 aliphatic rings. The first-order valence-electron chi connectivity index (χ1n) is 8.07. The maximum Gasteiger partial charge on any atom is 0.268 e. The highest BCUT2D eigenvalue weighted by atomic mass is 127. The molecule has 0 fully saturated rings. The number of fused-ring (bicyclic) bond motifs is 1. The summed E-state index contributed by atoms with van der Waals surface area (Å²) in [7, 11) is -4.88. The molecule has 0 aliphatic carbocycles. The molecule has 0 bridgehead atoms. The number of hydrogen-bond acceptors (Lipinski definition) is 6. The van der Waals surface area contributed by atoms with E-state index in [1.165, 1.54) is 15.3 Å². The quantitative estimate of drug-likeness (QED) is 0.363. The predicted molar refractivity (Wildman–Crippen MR) is 120 cm³/mol. The van der Waals surface area contributed by atoms with Crippen LogP contribution in [0, 0.1) is 10.5 Å². The van der Waals surface area contributed by atoms with Crippen molar-refractivity contribution in [3.8, 4) is 10.6 Å². The van der Waals surface area contributed by atoms with Gasteiger partial charge in [0.2, 0.25) is 4.34 Å². The van der Waals surface area contributed by atoms with Crippen molar-refractivity contribution in [2.24, 2.45) is 0 Å². The van der Waals surface area contributed by atoms with Crippen molar-refractivity contribution in [1.82, 2.24) is 14.2 Å². The molecule has 0 aliphatic heterocycles. The normalized spacial score (nSPS) is 13.1. The van der Waals surface area contributed by atoms with Crippen LogP contribution in [0.1, 0.15) is 5.56 Å². The second-order valence-electron chi connectivity index (χ2n) is 6.15. The topological polar surface area (TPSA) is 81.9 Å². The van der Waals surface area contributed by atoms with E-state index in [-0.39, 0.29) is 4.90 Å². The minimum absolute atomic E-state index is 0.245. The zero-order chi connectivity index (χ0) is 20.1. The molecule has 4 aromatic rings. The van der Waals surface area contributed by atoms with Crippen LogP contribution >= 0.6 is 33.9 Å². The van der Waals surface area contributed by atoms with E-state index in [9.17, 15) is 12.6 Å². The molecule has 28 heavy (non-hydrogen) atoms. The van der Waals surface area contributed by atoms with Crippen LogP contribution in [0.4, 0.5) is 0 Å². The van der Waals surface area contributed by atoms with Crippen molar-refractivity contribution < 1.29 is 12.6 Å². The van der Waals surface area contributed by atoms with Gasteiger partial charge in [0.05, 0.1) is 21.2 Å².